The monoisotopic (exact) mass is 518 g/mol. The second-order valence-electron chi connectivity index (χ2n) is 14.0. The van der Waals surface area contributed by atoms with Gasteiger partial charge in [0.05, 0.1) is 0 Å². The number of ether oxygens (including phenoxy) is 2. The predicted molar refractivity (Wildman–Crippen MR) is 141 cm³/mol. The summed E-state index contributed by atoms with van der Waals surface area (Å²) in [6.45, 7) is 14.2. The second kappa shape index (κ2) is 10.3. The quantitative estimate of drug-likeness (QED) is 0.424. The van der Waals surface area contributed by atoms with E-state index in [0.29, 0.717) is 30.6 Å². The fraction of sp³-hybridized carbons (Fsp3) is 0.903. The van der Waals surface area contributed by atoms with Crippen LogP contribution in [0.1, 0.15) is 113 Å². The molecule has 4 fully saturated rings. The van der Waals surface area contributed by atoms with Gasteiger partial charge in [0.25, 0.3) is 0 Å². The molecule has 6 heteroatoms. The number of hydrogen-bond donors (Lipinski definition) is 1. The van der Waals surface area contributed by atoms with Crippen molar-refractivity contribution in [2.45, 2.75) is 130 Å². The Morgan fingerprint density at radius 3 is 2.24 bits per heavy atom. The number of carbonyl (C=O) groups excluding carboxylic acids is 3. The van der Waals surface area contributed by atoms with Crippen LogP contribution < -0.4 is 0 Å². The molecule has 4 rings (SSSR count). The van der Waals surface area contributed by atoms with Crippen molar-refractivity contribution in [2.24, 2.45) is 46.3 Å². The van der Waals surface area contributed by atoms with Crippen LogP contribution in [0.5, 0.6) is 0 Å². The molecule has 0 radical (unpaired) electrons. The van der Waals surface area contributed by atoms with Crippen LogP contribution in [-0.4, -0.2) is 40.6 Å². The van der Waals surface area contributed by atoms with Crippen LogP contribution in [0, 0.1) is 46.3 Å². The maximum Gasteiger partial charge on any atom is 0.303 e. The van der Waals surface area contributed by atoms with Gasteiger partial charge >= 0.3 is 11.9 Å². The third-order valence-electron chi connectivity index (χ3n) is 11.4. The lowest BCUT2D eigenvalue weighted by Crippen LogP contribution is -2.72. The third-order valence-corrected chi connectivity index (χ3v) is 11.4. The van der Waals surface area contributed by atoms with Crippen molar-refractivity contribution in [3.63, 3.8) is 0 Å². The average Bonchev–Trinajstić information content (AvgIpc) is 3.14. The highest BCUT2D eigenvalue weighted by molar-refractivity contribution is 5.95. The molecule has 0 aliphatic heterocycles. The zero-order chi connectivity index (χ0) is 27.3. The molecule has 0 aromatic rings. The average molecular weight is 519 g/mol. The summed E-state index contributed by atoms with van der Waals surface area (Å²) in [5.41, 5.74) is -2.18. The van der Waals surface area contributed by atoms with E-state index in [1.807, 2.05) is 0 Å². The number of Topliss-reactive ketones (excluding diaryl/α,β-unsaturated/α-hetero) is 1. The molecule has 0 aromatic carbocycles. The smallest absolute Gasteiger partial charge is 0.303 e. The van der Waals surface area contributed by atoms with E-state index in [1.165, 1.54) is 33.1 Å². The van der Waals surface area contributed by atoms with E-state index in [4.69, 9.17) is 9.47 Å². The summed E-state index contributed by atoms with van der Waals surface area (Å²) in [4.78, 5) is 38.1. The van der Waals surface area contributed by atoms with Crippen molar-refractivity contribution in [1.82, 2.24) is 0 Å². The van der Waals surface area contributed by atoms with E-state index in [1.54, 1.807) is 0 Å². The Kier molecular flexibility index (Phi) is 7.94. The van der Waals surface area contributed by atoms with Crippen LogP contribution in [0.2, 0.25) is 0 Å². The number of hydrogen-bond acceptors (Lipinski definition) is 6. The van der Waals surface area contributed by atoms with Gasteiger partial charge < -0.3 is 14.6 Å². The number of rotatable bonds is 7. The molecule has 0 spiro atoms. The van der Waals surface area contributed by atoms with Gasteiger partial charge in [-0.1, -0.05) is 53.9 Å². The molecule has 4 aliphatic carbocycles. The molecule has 1 N–H and O–H groups in total. The van der Waals surface area contributed by atoms with Crippen LogP contribution in [0.3, 0.4) is 0 Å². The largest absolute Gasteiger partial charge is 0.462 e. The molecule has 37 heavy (non-hydrogen) atoms. The SMILES string of the molecule is CC(=O)O[C@H]1CC[C@]2(C)[C@H]3CC[C@]4(C)[C@@H]([C@H](C)CCCC(C)C)CC[C@H]4[C@@H]3[C@@H](OC(C)=O)C(=O)[C@@]2(O)C1. The highest BCUT2D eigenvalue weighted by atomic mass is 16.6. The Labute approximate surface area is 223 Å². The Morgan fingerprint density at radius 2 is 1.62 bits per heavy atom. The molecule has 0 amide bonds. The van der Waals surface area contributed by atoms with Gasteiger partial charge in [-0.05, 0) is 73.5 Å². The minimum Gasteiger partial charge on any atom is -0.462 e. The van der Waals surface area contributed by atoms with Crippen molar-refractivity contribution in [3.05, 3.63) is 0 Å². The molecular weight excluding hydrogens is 468 g/mol. The van der Waals surface area contributed by atoms with Crippen LogP contribution >= 0.6 is 0 Å². The number of fused-ring (bicyclic) bond motifs is 5. The minimum atomic E-state index is -1.66. The van der Waals surface area contributed by atoms with E-state index >= 15 is 0 Å². The third kappa shape index (κ3) is 4.78. The molecule has 4 saturated carbocycles. The van der Waals surface area contributed by atoms with Gasteiger partial charge in [-0.2, -0.15) is 0 Å². The minimum absolute atomic E-state index is 0.0708. The lowest BCUT2D eigenvalue weighted by Gasteiger charge is -2.64. The molecule has 210 valence electrons. The number of esters is 2. The van der Waals surface area contributed by atoms with Crippen molar-refractivity contribution in [2.75, 3.05) is 0 Å². The topological polar surface area (TPSA) is 89.9 Å². The number of aliphatic hydroxyl groups is 1. The highest BCUT2D eigenvalue weighted by Gasteiger charge is 2.71. The van der Waals surface area contributed by atoms with Crippen molar-refractivity contribution >= 4 is 17.7 Å². The zero-order valence-electron chi connectivity index (χ0n) is 24.2. The summed E-state index contributed by atoms with van der Waals surface area (Å²) in [6.07, 6.45) is 7.89. The van der Waals surface area contributed by atoms with Gasteiger partial charge in [-0.3, -0.25) is 14.4 Å². The molecule has 0 unspecified atom stereocenters. The predicted octanol–water partition coefficient (Wildman–Crippen LogP) is 5.87. The van der Waals surface area contributed by atoms with E-state index in [9.17, 15) is 19.5 Å². The summed E-state index contributed by atoms with van der Waals surface area (Å²) < 4.78 is 11.3. The summed E-state index contributed by atoms with van der Waals surface area (Å²) in [7, 11) is 0. The zero-order valence-corrected chi connectivity index (χ0v) is 24.2. The van der Waals surface area contributed by atoms with Gasteiger partial charge in [-0.25, -0.2) is 0 Å². The van der Waals surface area contributed by atoms with Gasteiger partial charge in [0.15, 0.2) is 6.10 Å². The van der Waals surface area contributed by atoms with Crippen molar-refractivity contribution in [1.29, 1.82) is 0 Å². The fourth-order valence-electron chi connectivity index (χ4n) is 9.65. The Morgan fingerprint density at radius 1 is 0.946 bits per heavy atom. The first-order valence-corrected chi connectivity index (χ1v) is 14.9. The number of carbonyl (C=O) groups is 3. The van der Waals surface area contributed by atoms with E-state index in [2.05, 4.69) is 34.6 Å². The van der Waals surface area contributed by atoms with Crippen LogP contribution in [0.25, 0.3) is 0 Å². The first-order valence-electron chi connectivity index (χ1n) is 14.9. The standard InChI is InChI=1S/C31H50O6/c1-18(2)9-8-10-19(3)23-11-12-24-26-25(14-15-29(23,24)6)30(7)16-13-22(36-20(4)32)17-31(30,35)28(34)27(26)37-21(5)33/h18-19,22-27,35H,8-17H2,1-7H3/t19-,22+,23-,24+,25+,26+,27-,29-,30-,31+/m1/s1. The lowest BCUT2D eigenvalue weighted by molar-refractivity contribution is -0.239. The molecule has 4 aliphatic rings. The van der Waals surface area contributed by atoms with Crippen molar-refractivity contribution < 1.29 is 29.0 Å². The molecule has 0 saturated heterocycles. The van der Waals surface area contributed by atoms with Gasteiger partial charge in [0, 0.05) is 31.6 Å². The first-order chi connectivity index (χ1) is 17.2. The summed E-state index contributed by atoms with van der Waals surface area (Å²) in [5, 5.41) is 12.1. The summed E-state index contributed by atoms with van der Waals surface area (Å²) >= 11 is 0. The maximum atomic E-state index is 14.2. The van der Waals surface area contributed by atoms with Crippen LogP contribution in [0.4, 0.5) is 0 Å². The van der Waals surface area contributed by atoms with Crippen LogP contribution in [0.15, 0.2) is 0 Å². The van der Waals surface area contributed by atoms with Gasteiger partial charge in [0.2, 0.25) is 5.78 Å². The molecule has 0 bridgehead atoms. The normalized spacial score (nSPS) is 44.0. The fourth-order valence-corrected chi connectivity index (χ4v) is 9.65. The van der Waals surface area contributed by atoms with E-state index in [0.717, 1.165) is 31.6 Å². The highest BCUT2D eigenvalue weighted by Crippen LogP contribution is 2.69. The summed E-state index contributed by atoms with van der Waals surface area (Å²) in [6, 6.07) is 0. The molecule has 0 aromatic heterocycles. The lowest BCUT2D eigenvalue weighted by atomic mass is 9.42. The summed E-state index contributed by atoms with van der Waals surface area (Å²) in [5.74, 6) is 1.02. The van der Waals surface area contributed by atoms with Gasteiger partial charge in [-0.15, -0.1) is 0 Å². The molecule has 0 heterocycles. The number of ketones is 1. The Hall–Kier alpha value is -1.43. The Balaban J connectivity index is 1.65. The van der Waals surface area contributed by atoms with Crippen LogP contribution in [-0.2, 0) is 23.9 Å². The molecule has 10 atom stereocenters. The van der Waals surface area contributed by atoms with E-state index < -0.39 is 35.2 Å². The maximum absolute atomic E-state index is 14.2. The second-order valence-corrected chi connectivity index (χ2v) is 14.0. The van der Waals surface area contributed by atoms with Gasteiger partial charge in [0.1, 0.15) is 11.7 Å². The van der Waals surface area contributed by atoms with E-state index in [-0.39, 0.29) is 29.5 Å². The molecule has 6 nitrogen and oxygen atoms in total. The first kappa shape index (κ1) is 28.6. The molecular formula is C31H50O6. The Bertz CT molecular complexity index is 898. The van der Waals surface area contributed by atoms with Crippen molar-refractivity contribution in [3.8, 4) is 0 Å².